The van der Waals surface area contributed by atoms with E-state index in [4.69, 9.17) is 4.74 Å². The lowest BCUT2D eigenvalue weighted by molar-refractivity contribution is 0.380. The number of rotatable bonds is 7. The molecule has 1 N–H and O–H groups in total. The van der Waals surface area contributed by atoms with Gasteiger partial charge >= 0.3 is 6.01 Å². The van der Waals surface area contributed by atoms with Crippen LogP contribution in [0.5, 0.6) is 6.01 Å². The SMILES string of the molecule is C=N/C(N[C@@H](C)c1cc2cccc(-c3cnc(OC)nc3)c2c(=O)n1-c1ccccc1)=C1/N=CS/C1=N/C. The average Bonchev–Trinajstić information content (AvgIpc) is 3.44. The van der Waals surface area contributed by atoms with Crippen molar-refractivity contribution >= 4 is 39.8 Å². The molecule has 3 heterocycles. The summed E-state index contributed by atoms with van der Waals surface area (Å²) in [6.07, 6.45) is 3.32. The van der Waals surface area contributed by atoms with E-state index in [0.717, 1.165) is 32.9 Å². The predicted molar refractivity (Wildman–Crippen MR) is 155 cm³/mol. The van der Waals surface area contributed by atoms with Gasteiger partial charge in [0.25, 0.3) is 5.56 Å². The molecule has 5 rings (SSSR count). The summed E-state index contributed by atoms with van der Waals surface area (Å²) >= 11 is 1.42. The van der Waals surface area contributed by atoms with E-state index < -0.39 is 0 Å². The Morgan fingerprint density at radius 1 is 1.13 bits per heavy atom. The van der Waals surface area contributed by atoms with Crippen LogP contribution in [0.4, 0.5) is 0 Å². The Balaban J connectivity index is 1.71. The van der Waals surface area contributed by atoms with Crippen LogP contribution in [0, 0.1) is 0 Å². The van der Waals surface area contributed by atoms with Crippen molar-refractivity contribution in [3.05, 3.63) is 94.6 Å². The van der Waals surface area contributed by atoms with Crippen molar-refractivity contribution in [1.82, 2.24) is 19.9 Å². The van der Waals surface area contributed by atoms with Gasteiger partial charge in [0, 0.05) is 36.4 Å². The van der Waals surface area contributed by atoms with Crippen LogP contribution in [-0.4, -0.2) is 46.0 Å². The zero-order valence-electron chi connectivity index (χ0n) is 21.1. The molecule has 1 aliphatic heterocycles. The third-order valence-corrected chi connectivity index (χ3v) is 6.95. The van der Waals surface area contributed by atoms with Gasteiger partial charge in [0.05, 0.1) is 24.1 Å². The van der Waals surface area contributed by atoms with E-state index in [1.165, 1.54) is 18.9 Å². The number of hydrogen-bond acceptors (Lipinski definition) is 9. The molecule has 0 fully saturated rings. The molecule has 10 heteroatoms. The number of para-hydroxylation sites is 1. The van der Waals surface area contributed by atoms with Crippen molar-refractivity contribution < 1.29 is 4.74 Å². The molecule has 38 heavy (non-hydrogen) atoms. The minimum absolute atomic E-state index is 0.158. The van der Waals surface area contributed by atoms with E-state index in [2.05, 4.69) is 37.0 Å². The van der Waals surface area contributed by atoms with Gasteiger partial charge in [-0.2, -0.15) is 0 Å². The van der Waals surface area contributed by atoms with Crippen LogP contribution < -0.4 is 15.6 Å². The Labute approximate surface area is 223 Å². The molecule has 0 saturated carbocycles. The summed E-state index contributed by atoms with van der Waals surface area (Å²) in [6, 6.07) is 17.3. The molecule has 0 saturated heterocycles. The Hall–Kier alpha value is -4.57. The van der Waals surface area contributed by atoms with Crippen LogP contribution in [-0.2, 0) is 0 Å². The first kappa shape index (κ1) is 25.1. The number of methoxy groups -OCH3 is 1. The molecular weight excluding hydrogens is 498 g/mol. The number of nitrogens with one attached hydrogen (secondary N) is 1. The largest absolute Gasteiger partial charge is 0.467 e. The first-order valence-corrected chi connectivity index (χ1v) is 12.7. The summed E-state index contributed by atoms with van der Waals surface area (Å²) in [5.41, 5.74) is 5.14. The number of aromatic nitrogens is 3. The average molecular weight is 524 g/mol. The zero-order valence-corrected chi connectivity index (χ0v) is 21.9. The maximum absolute atomic E-state index is 14.3. The maximum atomic E-state index is 14.3. The van der Waals surface area contributed by atoms with Gasteiger partial charge in [-0.05, 0) is 42.8 Å². The molecule has 2 aromatic heterocycles. The Kier molecular flexibility index (Phi) is 7.14. The van der Waals surface area contributed by atoms with Crippen molar-refractivity contribution in [2.75, 3.05) is 14.2 Å². The van der Waals surface area contributed by atoms with Gasteiger partial charge < -0.3 is 10.1 Å². The molecule has 0 aliphatic carbocycles. The minimum Gasteiger partial charge on any atom is -0.467 e. The third kappa shape index (κ3) is 4.61. The molecule has 0 spiro atoms. The van der Waals surface area contributed by atoms with Crippen molar-refractivity contribution in [3.63, 3.8) is 0 Å². The summed E-state index contributed by atoms with van der Waals surface area (Å²) in [4.78, 5) is 35.6. The molecule has 4 aromatic rings. The smallest absolute Gasteiger partial charge is 0.316 e. The van der Waals surface area contributed by atoms with E-state index in [1.807, 2.05) is 61.5 Å². The fourth-order valence-corrected chi connectivity index (χ4v) is 5.00. The van der Waals surface area contributed by atoms with E-state index in [9.17, 15) is 4.79 Å². The van der Waals surface area contributed by atoms with Gasteiger partial charge in [0.1, 0.15) is 10.7 Å². The number of aliphatic imine (C=N–C) groups is 3. The second-order valence-corrected chi connectivity index (χ2v) is 9.21. The molecule has 0 amide bonds. The first-order valence-electron chi connectivity index (χ1n) is 11.8. The molecule has 0 radical (unpaired) electrons. The quantitative estimate of drug-likeness (QED) is 0.350. The highest BCUT2D eigenvalue weighted by molar-refractivity contribution is 8.26. The van der Waals surface area contributed by atoms with E-state index in [1.54, 1.807) is 29.6 Å². The second kappa shape index (κ2) is 10.8. The summed E-state index contributed by atoms with van der Waals surface area (Å²) in [5, 5.41) is 5.51. The normalized spacial score (nSPS) is 16.0. The number of benzene rings is 2. The van der Waals surface area contributed by atoms with Gasteiger partial charge in [0.2, 0.25) is 0 Å². The summed E-state index contributed by atoms with van der Waals surface area (Å²) in [7, 11) is 3.22. The zero-order chi connectivity index (χ0) is 26.6. The van der Waals surface area contributed by atoms with E-state index in [0.29, 0.717) is 16.9 Å². The third-order valence-electron chi connectivity index (χ3n) is 6.14. The number of thioether (sulfide) groups is 1. The van der Waals surface area contributed by atoms with Gasteiger partial charge in [-0.3, -0.25) is 14.4 Å². The number of nitrogens with zero attached hydrogens (tertiary/aromatic N) is 6. The van der Waals surface area contributed by atoms with Gasteiger partial charge in [-0.1, -0.05) is 48.2 Å². The molecule has 1 atom stereocenters. The van der Waals surface area contributed by atoms with E-state index in [-0.39, 0.29) is 17.6 Å². The lowest BCUT2D eigenvalue weighted by Gasteiger charge is -2.22. The van der Waals surface area contributed by atoms with Crippen LogP contribution in [0.1, 0.15) is 18.7 Å². The fraction of sp³-hybridized carbons (Fsp3) is 0.143. The van der Waals surface area contributed by atoms with Crippen LogP contribution in [0.2, 0.25) is 0 Å². The second-order valence-electron chi connectivity index (χ2n) is 8.38. The molecule has 190 valence electrons. The molecule has 0 unspecified atom stereocenters. The summed E-state index contributed by atoms with van der Waals surface area (Å²) < 4.78 is 6.82. The molecule has 0 bridgehead atoms. The minimum atomic E-state index is -0.327. The summed E-state index contributed by atoms with van der Waals surface area (Å²) in [5.74, 6) is 0.496. The van der Waals surface area contributed by atoms with Crippen LogP contribution >= 0.6 is 11.8 Å². The topological polar surface area (TPSA) is 106 Å². The van der Waals surface area contributed by atoms with Crippen molar-refractivity contribution in [2.45, 2.75) is 13.0 Å². The first-order chi connectivity index (χ1) is 18.5. The fourth-order valence-electron chi connectivity index (χ4n) is 4.37. The van der Waals surface area contributed by atoms with Crippen molar-refractivity contribution in [3.8, 4) is 22.8 Å². The van der Waals surface area contributed by atoms with Crippen LogP contribution in [0.25, 0.3) is 27.6 Å². The number of hydrogen-bond donors (Lipinski definition) is 1. The Bertz CT molecular complexity index is 1660. The maximum Gasteiger partial charge on any atom is 0.316 e. The number of fused-ring (bicyclic) bond motifs is 1. The monoisotopic (exact) mass is 523 g/mol. The lowest BCUT2D eigenvalue weighted by Crippen LogP contribution is -2.29. The van der Waals surface area contributed by atoms with Gasteiger partial charge in [-0.15, -0.1) is 0 Å². The van der Waals surface area contributed by atoms with Gasteiger partial charge in [-0.25, -0.2) is 20.0 Å². The van der Waals surface area contributed by atoms with Crippen LogP contribution in [0.3, 0.4) is 0 Å². The molecule has 9 nitrogen and oxygen atoms in total. The summed E-state index contributed by atoms with van der Waals surface area (Å²) in [6.45, 7) is 5.70. The van der Waals surface area contributed by atoms with E-state index >= 15 is 0 Å². The standard InChI is InChI=1S/C28H25N7O2S/c1-17(34-25(29-2)24-26(30-3)38-16-33-24)22-13-18-9-8-12-21(19-14-31-28(37-4)32-15-19)23(18)27(36)35(22)20-10-6-5-7-11-20/h5-17,34H,2H2,1,3-4H3/b25-24-,30-26+/t17-/m0/s1. The number of ether oxygens (including phenoxy) is 1. The number of pyridine rings is 1. The Morgan fingerprint density at radius 2 is 1.89 bits per heavy atom. The highest BCUT2D eigenvalue weighted by Gasteiger charge is 2.22. The lowest BCUT2D eigenvalue weighted by atomic mass is 9.99. The Morgan fingerprint density at radius 3 is 2.58 bits per heavy atom. The molecular formula is C28H25N7O2S. The van der Waals surface area contributed by atoms with Crippen molar-refractivity contribution in [2.24, 2.45) is 15.0 Å². The highest BCUT2D eigenvalue weighted by Crippen LogP contribution is 2.30. The van der Waals surface area contributed by atoms with Crippen molar-refractivity contribution in [1.29, 1.82) is 0 Å². The molecule has 1 aliphatic rings. The highest BCUT2D eigenvalue weighted by atomic mass is 32.2. The predicted octanol–water partition coefficient (Wildman–Crippen LogP) is 4.78. The van der Waals surface area contributed by atoms with Gasteiger partial charge in [0.15, 0.2) is 5.82 Å². The molecule has 2 aromatic carbocycles. The van der Waals surface area contributed by atoms with Crippen LogP contribution in [0.15, 0.2) is 98.3 Å².